The summed E-state index contributed by atoms with van der Waals surface area (Å²) in [6.45, 7) is 7.04. The average molecular weight is 540 g/mol. The van der Waals surface area contributed by atoms with Gasteiger partial charge >= 0.3 is 0 Å². The molecule has 0 saturated carbocycles. The van der Waals surface area contributed by atoms with Crippen LogP contribution < -0.4 is 21.7 Å². The number of rotatable bonds is 1. The number of nitrogens with one attached hydrogen (secondary N) is 1. The number of piperidine rings is 2. The van der Waals surface area contributed by atoms with Gasteiger partial charge in [0.05, 0.1) is 11.2 Å². The Morgan fingerprint density at radius 3 is 1.68 bits per heavy atom. The topological polar surface area (TPSA) is 185 Å². The second-order valence-corrected chi connectivity index (χ2v) is 9.33. The molecule has 4 heterocycles. The average Bonchev–Trinajstić information content (AvgIpc) is 2.74. The van der Waals surface area contributed by atoms with Crippen molar-refractivity contribution in [2.75, 3.05) is 42.5 Å². The number of aliphatic hydroxyl groups is 2. The first-order valence-electron chi connectivity index (χ1n) is 10.3. The Morgan fingerprint density at radius 1 is 0.794 bits per heavy atom. The van der Waals surface area contributed by atoms with Crippen molar-refractivity contribution in [1.82, 2.24) is 35.7 Å². The molecule has 0 atom stereocenters. The number of halogens is 3. The summed E-state index contributed by atoms with van der Waals surface area (Å²) in [5.74, 6) is 0.748. The fourth-order valence-electron chi connectivity index (χ4n) is 2.91. The van der Waals surface area contributed by atoms with Crippen LogP contribution in [0.25, 0.3) is 0 Å². The molecule has 2 aliphatic heterocycles. The predicted octanol–water partition coefficient (Wildman–Crippen LogP) is 1.98. The molecule has 0 aliphatic carbocycles. The number of nitrogens with two attached hydrogens (primary N) is 2. The van der Waals surface area contributed by atoms with E-state index in [-0.39, 0.29) is 40.3 Å². The Hall–Kier alpha value is -1.83. The van der Waals surface area contributed by atoms with Gasteiger partial charge in [0, 0.05) is 13.1 Å². The van der Waals surface area contributed by atoms with E-state index < -0.39 is 5.60 Å². The summed E-state index contributed by atoms with van der Waals surface area (Å²) < 4.78 is 0. The molecule has 0 unspecified atom stereocenters. The smallest absolute Gasteiger partial charge is 0.247 e. The van der Waals surface area contributed by atoms with Gasteiger partial charge in [-0.3, -0.25) is 0 Å². The van der Waals surface area contributed by atoms with Gasteiger partial charge < -0.3 is 31.9 Å². The van der Waals surface area contributed by atoms with Gasteiger partial charge in [-0.05, 0) is 64.2 Å². The maximum atomic E-state index is 9.81. The van der Waals surface area contributed by atoms with Crippen LogP contribution in [0, 0.1) is 0 Å². The van der Waals surface area contributed by atoms with Gasteiger partial charge in [-0.1, -0.05) is 30.6 Å². The van der Waals surface area contributed by atoms with Crippen LogP contribution in [0.4, 0.5) is 17.6 Å². The van der Waals surface area contributed by atoms with Crippen molar-refractivity contribution in [3.63, 3.8) is 0 Å². The second kappa shape index (κ2) is 13.3. The summed E-state index contributed by atoms with van der Waals surface area (Å²) >= 11 is 16.3. The third kappa shape index (κ3) is 10.2. The minimum atomic E-state index is -0.595. The SMILES string of the molecule is C.CC1(O)CCN(c2nnc(Cl)c(N)n2)CC1.CC1(O)CCNCC1.Nc1nc(Cl)nnc1Cl. The molecule has 0 aromatic carbocycles. The van der Waals surface area contributed by atoms with Crippen LogP contribution in [-0.4, -0.2) is 78.0 Å². The first-order valence-corrected chi connectivity index (χ1v) is 11.4. The normalized spacial score (nSPS) is 18.4. The fourth-order valence-corrected chi connectivity index (χ4v) is 3.20. The molecule has 2 aliphatic rings. The van der Waals surface area contributed by atoms with E-state index in [0.717, 1.165) is 25.9 Å². The molecular formula is C19H33Cl3N10O2. The van der Waals surface area contributed by atoms with Gasteiger partial charge in [-0.2, -0.15) is 9.97 Å². The van der Waals surface area contributed by atoms with Gasteiger partial charge in [0.15, 0.2) is 21.9 Å². The van der Waals surface area contributed by atoms with E-state index in [0.29, 0.717) is 31.9 Å². The molecule has 2 saturated heterocycles. The van der Waals surface area contributed by atoms with E-state index in [4.69, 9.17) is 46.3 Å². The molecule has 0 bridgehead atoms. The van der Waals surface area contributed by atoms with E-state index in [2.05, 4.69) is 35.7 Å². The molecule has 0 amide bonds. The van der Waals surface area contributed by atoms with Crippen molar-refractivity contribution in [2.45, 2.75) is 58.2 Å². The Bertz CT molecular complexity index is 902. The van der Waals surface area contributed by atoms with Crippen LogP contribution in [-0.2, 0) is 0 Å². The highest BCUT2D eigenvalue weighted by Crippen LogP contribution is 2.24. The molecule has 2 fully saturated rings. The van der Waals surface area contributed by atoms with Crippen LogP contribution >= 0.6 is 34.8 Å². The molecular weight excluding hydrogens is 507 g/mol. The Labute approximate surface area is 214 Å². The summed E-state index contributed by atoms with van der Waals surface area (Å²) in [5.41, 5.74) is 9.77. The maximum absolute atomic E-state index is 9.81. The minimum Gasteiger partial charge on any atom is -0.390 e. The lowest BCUT2D eigenvalue weighted by molar-refractivity contribution is 0.0290. The lowest BCUT2D eigenvalue weighted by atomic mass is 9.94. The summed E-state index contributed by atoms with van der Waals surface area (Å²) in [6.07, 6.45) is 3.15. The van der Waals surface area contributed by atoms with E-state index >= 15 is 0 Å². The summed E-state index contributed by atoms with van der Waals surface area (Å²) in [4.78, 5) is 9.51. The second-order valence-electron chi connectivity index (χ2n) is 8.28. The molecule has 0 spiro atoms. The van der Waals surface area contributed by atoms with E-state index in [1.54, 1.807) is 0 Å². The molecule has 0 radical (unpaired) electrons. The van der Waals surface area contributed by atoms with Crippen LogP contribution in [0.5, 0.6) is 0 Å². The highest BCUT2D eigenvalue weighted by molar-refractivity contribution is 6.32. The molecule has 7 N–H and O–H groups in total. The predicted molar refractivity (Wildman–Crippen MR) is 135 cm³/mol. The molecule has 2 aromatic heterocycles. The highest BCUT2D eigenvalue weighted by atomic mass is 35.5. The summed E-state index contributed by atoms with van der Waals surface area (Å²) in [6, 6.07) is 0. The zero-order valence-electron chi connectivity index (χ0n) is 18.5. The summed E-state index contributed by atoms with van der Waals surface area (Å²) in [7, 11) is 0. The fraction of sp³-hybridized carbons (Fsp3) is 0.684. The molecule has 12 nitrogen and oxygen atoms in total. The number of anilines is 3. The Morgan fingerprint density at radius 2 is 1.26 bits per heavy atom. The number of hydrogen-bond acceptors (Lipinski definition) is 12. The Kier molecular flexibility index (Phi) is 11.8. The lowest BCUT2D eigenvalue weighted by Crippen LogP contribution is -2.43. The van der Waals surface area contributed by atoms with Crippen molar-refractivity contribution < 1.29 is 10.2 Å². The molecule has 2 aromatic rings. The van der Waals surface area contributed by atoms with E-state index in [1.807, 2.05) is 18.7 Å². The third-order valence-electron chi connectivity index (χ3n) is 5.11. The summed E-state index contributed by atoms with van der Waals surface area (Å²) in [5, 5.41) is 36.8. The van der Waals surface area contributed by atoms with Crippen molar-refractivity contribution >= 4 is 52.4 Å². The van der Waals surface area contributed by atoms with Gasteiger partial charge in [-0.25, -0.2) is 0 Å². The first-order chi connectivity index (χ1) is 15.4. The van der Waals surface area contributed by atoms with Gasteiger partial charge in [0.1, 0.15) is 0 Å². The quantitative estimate of drug-likeness (QED) is 0.355. The van der Waals surface area contributed by atoms with Gasteiger partial charge in [0.25, 0.3) is 0 Å². The van der Waals surface area contributed by atoms with Crippen molar-refractivity contribution in [3.8, 4) is 0 Å². The van der Waals surface area contributed by atoms with Crippen LogP contribution in [0.1, 0.15) is 47.0 Å². The first kappa shape index (κ1) is 30.2. The Balaban J connectivity index is 0.000000274. The molecule has 4 rings (SSSR count). The minimum absolute atomic E-state index is 0. The van der Waals surface area contributed by atoms with Crippen LogP contribution in [0.3, 0.4) is 0 Å². The van der Waals surface area contributed by atoms with Crippen molar-refractivity contribution in [3.05, 3.63) is 15.6 Å². The number of aromatic nitrogens is 6. The van der Waals surface area contributed by atoms with Crippen molar-refractivity contribution in [1.29, 1.82) is 0 Å². The van der Waals surface area contributed by atoms with Crippen LogP contribution in [0.2, 0.25) is 15.6 Å². The van der Waals surface area contributed by atoms with E-state index in [1.165, 1.54) is 0 Å². The van der Waals surface area contributed by atoms with Gasteiger partial charge in [0.2, 0.25) is 11.2 Å². The number of nitrogens with zero attached hydrogens (tertiary/aromatic N) is 7. The monoisotopic (exact) mass is 538 g/mol. The largest absolute Gasteiger partial charge is 0.390 e. The number of nitrogen functional groups attached to an aromatic ring is 2. The lowest BCUT2D eigenvalue weighted by Gasteiger charge is -2.35. The maximum Gasteiger partial charge on any atom is 0.247 e. The standard InChI is InChI=1S/C9H14ClN5O.C6H13NO.C3H2Cl2N4.CH4/c1-9(16)2-4-15(5-3-9)8-12-7(11)6(10)13-14-8;1-6(8)2-4-7-5-3-6;4-1-2(6)7-3(5)9-8-1;/h16H,2-5H2,1H3,(H2,11,12,14);7-8H,2-5H2,1H3;(H2,6,7,9);1H4. The van der Waals surface area contributed by atoms with Crippen molar-refractivity contribution in [2.24, 2.45) is 0 Å². The number of hydrogen-bond donors (Lipinski definition) is 5. The highest BCUT2D eigenvalue weighted by Gasteiger charge is 2.28. The molecule has 34 heavy (non-hydrogen) atoms. The van der Waals surface area contributed by atoms with Gasteiger partial charge in [-0.15, -0.1) is 20.4 Å². The zero-order valence-corrected chi connectivity index (χ0v) is 20.7. The van der Waals surface area contributed by atoms with Crippen LogP contribution in [0.15, 0.2) is 0 Å². The molecule has 15 heteroatoms. The zero-order chi connectivity index (χ0) is 24.6. The van der Waals surface area contributed by atoms with E-state index in [9.17, 15) is 10.2 Å². The third-order valence-corrected chi connectivity index (χ3v) is 5.81. The molecule has 192 valence electrons.